The lowest BCUT2D eigenvalue weighted by molar-refractivity contribution is -0.385. The largest absolute Gasteiger partial charge is 0.388 e. The van der Waals surface area contributed by atoms with Gasteiger partial charge in [-0.15, -0.1) is 0 Å². The zero-order valence-electron chi connectivity index (χ0n) is 32.2. The average molecular weight is 833 g/mol. The second kappa shape index (κ2) is 28.3. The van der Waals surface area contributed by atoms with Gasteiger partial charge in [0.2, 0.25) is 0 Å². The van der Waals surface area contributed by atoms with E-state index in [0.717, 1.165) is 50.7 Å². The van der Waals surface area contributed by atoms with Crippen LogP contribution in [0.2, 0.25) is 0 Å². The third-order valence-electron chi connectivity index (χ3n) is 8.91. The van der Waals surface area contributed by atoms with Crippen molar-refractivity contribution in [1.29, 1.82) is 0 Å². The highest BCUT2D eigenvalue weighted by Gasteiger charge is 2.22. The summed E-state index contributed by atoms with van der Waals surface area (Å²) in [6.45, 7) is -0.196. The minimum Gasteiger partial charge on any atom is -0.388 e. The van der Waals surface area contributed by atoms with Crippen LogP contribution in [-0.4, -0.2) is 88.7 Å². The van der Waals surface area contributed by atoms with Crippen molar-refractivity contribution >= 4 is 31.6 Å². The van der Waals surface area contributed by atoms with Gasteiger partial charge in [-0.3, -0.25) is 28.6 Å². The van der Waals surface area contributed by atoms with E-state index in [1.54, 1.807) is 0 Å². The van der Waals surface area contributed by atoms with Crippen molar-refractivity contribution in [3.63, 3.8) is 0 Å². The smallest absolute Gasteiger partial charge is 0.297 e. The summed E-state index contributed by atoms with van der Waals surface area (Å²) in [7, 11) is -8.47. The SMILES string of the molecule is O=[N+]([O-])c1cccc(S(=O)(=O)OC[C@H](O)COCCCCCCCCCCCCCCCCCCCCOC[C@@H](O)COS(=O)(=O)c2cccc([N+](=O)[O-])c2)c1. The molecule has 2 rings (SSSR count). The molecule has 0 aromatic heterocycles. The van der Waals surface area contributed by atoms with E-state index in [2.05, 4.69) is 0 Å². The van der Waals surface area contributed by atoms with Gasteiger partial charge < -0.3 is 19.7 Å². The normalized spacial score (nSPS) is 13.1. The predicted molar refractivity (Wildman–Crippen MR) is 209 cm³/mol. The highest BCUT2D eigenvalue weighted by atomic mass is 32.2. The molecule has 0 fully saturated rings. The Morgan fingerprint density at radius 2 is 0.768 bits per heavy atom. The molecule has 0 unspecified atom stereocenters. The minimum atomic E-state index is -4.23. The molecule has 0 saturated heterocycles. The Morgan fingerprint density at radius 3 is 1.05 bits per heavy atom. The van der Waals surface area contributed by atoms with Crippen LogP contribution in [0.25, 0.3) is 0 Å². The van der Waals surface area contributed by atoms with E-state index in [1.807, 2.05) is 0 Å². The topological polar surface area (TPSA) is 232 Å². The zero-order valence-corrected chi connectivity index (χ0v) is 33.9. The fraction of sp³-hybridized carbons (Fsp3) is 0.684. The molecule has 0 aliphatic heterocycles. The van der Waals surface area contributed by atoms with E-state index in [1.165, 1.54) is 113 Å². The highest BCUT2D eigenvalue weighted by molar-refractivity contribution is 7.87. The molecule has 2 atom stereocenters. The molecule has 0 saturated carbocycles. The van der Waals surface area contributed by atoms with Crippen LogP contribution in [0, 0.1) is 20.2 Å². The number of aliphatic hydroxyl groups excluding tert-OH is 2. The molecule has 2 aromatic rings. The van der Waals surface area contributed by atoms with Crippen LogP contribution >= 0.6 is 0 Å². The number of ether oxygens (including phenoxy) is 2. The number of non-ortho nitro benzene ring substituents is 2. The second-order valence-electron chi connectivity index (χ2n) is 13.8. The number of hydrogen-bond donors (Lipinski definition) is 2. The van der Waals surface area contributed by atoms with E-state index >= 15 is 0 Å². The van der Waals surface area contributed by atoms with Crippen molar-refractivity contribution in [2.24, 2.45) is 0 Å². The molecule has 0 heterocycles. The van der Waals surface area contributed by atoms with Gasteiger partial charge in [0.05, 0.1) is 36.3 Å². The molecule has 2 N–H and O–H groups in total. The Kier molecular flexibility index (Phi) is 24.8. The number of unbranched alkanes of at least 4 members (excludes halogenated alkanes) is 17. The van der Waals surface area contributed by atoms with E-state index in [4.69, 9.17) is 17.8 Å². The number of nitro groups is 2. The summed E-state index contributed by atoms with van der Waals surface area (Å²) in [6, 6.07) is 9.08. The second-order valence-corrected chi connectivity index (χ2v) is 17.0. The molecule has 56 heavy (non-hydrogen) atoms. The Morgan fingerprint density at radius 1 is 0.482 bits per heavy atom. The van der Waals surface area contributed by atoms with Gasteiger partial charge in [-0.25, -0.2) is 0 Å². The van der Waals surface area contributed by atoms with Crippen LogP contribution in [0.5, 0.6) is 0 Å². The van der Waals surface area contributed by atoms with Crippen molar-refractivity contribution in [2.75, 3.05) is 39.6 Å². The van der Waals surface area contributed by atoms with Crippen molar-refractivity contribution in [3.05, 3.63) is 68.8 Å². The van der Waals surface area contributed by atoms with Gasteiger partial charge >= 0.3 is 0 Å². The maximum Gasteiger partial charge on any atom is 0.297 e. The van der Waals surface area contributed by atoms with Gasteiger partial charge in [0, 0.05) is 37.5 Å². The first-order valence-electron chi connectivity index (χ1n) is 19.6. The molecular formula is C38H60N2O14S2. The van der Waals surface area contributed by atoms with E-state index in [0.29, 0.717) is 13.2 Å². The molecule has 18 heteroatoms. The van der Waals surface area contributed by atoms with Crippen molar-refractivity contribution in [2.45, 2.75) is 138 Å². The van der Waals surface area contributed by atoms with Crippen LogP contribution in [-0.2, 0) is 38.1 Å². The first-order chi connectivity index (χ1) is 26.8. The lowest BCUT2D eigenvalue weighted by Crippen LogP contribution is -2.24. The van der Waals surface area contributed by atoms with Crippen molar-refractivity contribution in [3.8, 4) is 0 Å². The van der Waals surface area contributed by atoms with Crippen LogP contribution < -0.4 is 0 Å². The number of benzene rings is 2. The summed E-state index contributed by atoms with van der Waals surface area (Å²) in [5.41, 5.74) is -0.733. The molecule has 0 amide bonds. The van der Waals surface area contributed by atoms with Gasteiger partial charge in [-0.2, -0.15) is 16.8 Å². The monoisotopic (exact) mass is 832 g/mol. The third kappa shape index (κ3) is 22.0. The Labute approximate surface area is 331 Å². The fourth-order valence-corrected chi connectivity index (χ4v) is 7.71. The molecular weight excluding hydrogens is 773 g/mol. The zero-order chi connectivity index (χ0) is 41.1. The summed E-state index contributed by atoms with van der Waals surface area (Å²) >= 11 is 0. The Balaban J connectivity index is 1.29. The lowest BCUT2D eigenvalue weighted by Gasteiger charge is -2.12. The molecule has 0 spiro atoms. The summed E-state index contributed by atoms with van der Waals surface area (Å²) in [5.74, 6) is 0. The molecule has 0 bridgehead atoms. The van der Waals surface area contributed by atoms with E-state index in [9.17, 15) is 47.3 Å². The highest BCUT2D eigenvalue weighted by Crippen LogP contribution is 2.21. The first kappa shape index (κ1) is 49.0. The first-order valence-corrected chi connectivity index (χ1v) is 22.4. The maximum atomic E-state index is 12.2. The number of nitro benzene ring substituents is 2. The standard InChI is InChI=1S/C38H60N2O14S2/c41-35(31-53-55(47,48)37-23-19-21-33(27-37)39(43)44)29-51-25-17-15-13-11-9-7-5-3-1-2-4-6-8-10-12-14-16-18-26-52-30-36(42)32-54-56(49,50)38-24-20-22-34(28-38)40(45)46/h19-24,27-28,35-36,41-42H,1-18,25-26,29-32H2/t35-,36-/m1/s1. The van der Waals surface area contributed by atoms with E-state index < -0.39 is 55.5 Å². The number of nitrogens with zero attached hydrogens (tertiary/aromatic N) is 2. The van der Waals surface area contributed by atoms with Gasteiger partial charge in [0.15, 0.2) is 0 Å². The molecule has 0 aliphatic carbocycles. The summed E-state index contributed by atoms with van der Waals surface area (Å²) in [6.07, 6.45) is 18.7. The van der Waals surface area contributed by atoms with Crippen LogP contribution in [0.3, 0.4) is 0 Å². The third-order valence-corrected chi connectivity index (χ3v) is 11.5. The van der Waals surface area contributed by atoms with Crippen molar-refractivity contribution in [1.82, 2.24) is 0 Å². The van der Waals surface area contributed by atoms with Gasteiger partial charge in [0.25, 0.3) is 31.6 Å². The Bertz CT molecular complexity index is 1510. The summed E-state index contributed by atoms with van der Waals surface area (Å²) in [4.78, 5) is 19.6. The fourth-order valence-electron chi connectivity index (χ4n) is 5.75. The molecule has 0 aliphatic rings. The van der Waals surface area contributed by atoms with E-state index in [-0.39, 0.29) is 34.4 Å². The molecule has 318 valence electrons. The van der Waals surface area contributed by atoms with Gasteiger partial charge in [-0.1, -0.05) is 115 Å². The summed E-state index contributed by atoms with van der Waals surface area (Å²) in [5, 5.41) is 41.7. The molecule has 16 nitrogen and oxygen atoms in total. The lowest BCUT2D eigenvalue weighted by atomic mass is 10.0. The number of aliphatic hydroxyl groups is 2. The van der Waals surface area contributed by atoms with Gasteiger partial charge in [0.1, 0.15) is 22.0 Å². The molecule has 2 aromatic carbocycles. The predicted octanol–water partition coefficient (Wildman–Crippen LogP) is 7.39. The Hall–Kier alpha value is -3.10. The van der Waals surface area contributed by atoms with Crippen molar-refractivity contribution < 1.29 is 54.7 Å². The average Bonchev–Trinajstić information content (AvgIpc) is 3.18. The summed E-state index contributed by atoms with van der Waals surface area (Å²) < 4.78 is 69.5. The molecule has 0 radical (unpaired) electrons. The van der Waals surface area contributed by atoms with Crippen LogP contribution in [0.1, 0.15) is 116 Å². The number of hydrogen-bond acceptors (Lipinski definition) is 14. The maximum absolute atomic E-state index is 12.2. The number of rotatable bonds is 35. The quantitative estimate of drug-likeness (QED) is 0.0298. The van der Waals surface area contributed by atoms with Crippen LogP contribution in [0.15, 0.2) is 58.3 Å². The van der Waals surface area contributed by atoms with Gasteiger partial charge in [-0.05, 0) is 25.0 Å². The minimum absolute atomic E-state index is 0.0617. The van der Waals surface area contributed by atoms with Crippen LogP contribution in [0.4, 0.5) is 11.4 Å².